The molecule has 3 aromatic rings. The maximum atomic E-state index is 9.01. The Kier molecular flexibility index (Phi) is 2.89. The van der Waals surface area contributed by atoms with Crippen LogP contribution in [0.25, 0.3) is 11.2 Å². The quantitative estimate of drug-likeness (QED) is 0.610. The van der Waals surface area contributed by atoms with E-state index in [1.165, 1.54) is 6.33 Å². The van der Waals surface area contributed by atoms with Crippen LogP contribution >= 0.6 is 0 Å². The van der Waals surface area contributed by atoms with Crippen LogP contribution < -0.4 is 11.2 Å². The van der Waals surface area contributed by atoms with Crippen LogP contribution in [0.1, 0.15) is 5.56 Å². The standard InChI is InChI=1S/C12H12BN5O/c14-11-10-12(16-6-15-11)18(7-17-10)5-8-1-3-9(13-19)4-2-8/h1-4,6-7,13,19H,5H2,(H2,14,15,16). The number of rotatable bonds is 3. The molecule has 2 aromatic heterocycles. The monoisotopic (exact) mass is 253 g/mol. The lowest BCUT2D eigenvalue weighted by Crippen LogP contribution is -2.13. The number of hydrogen-bond donors (Lipinski definition) is 2. The Morgan fingerprint density at radius 1 is 1.16 bits per heavy atom. The van der Waals surface area contributed by atoms with E-state index in [1.54, 1.807) is 6.33 Å². The Bertz CT molecular complexity index is 710. The lowest BCUT2D eigenvalue weighted by Gasteiger charge is -2.04. The van der Waals surface area contributed by atoms with Crippen LogP contribution in [-0.2, 0) is 6.54 Å². The van der Waals surface area contributed by atoms with Crippen molar-refractivity contribution in [1.29, 1.82) is 0 Å². The minimum absolute atomic E-state index is 0.0536. The lowest BCUT2D eigenvalue weighted by atomic mass is 9.88. The maximum Gasteiger partial charge on any atom is 0.304 e. The summed E-state index contributed by atoms with van der Waals surface area (Å²) in [5.41, 5.74) is 9.09. The predicted octanol–water partition coefficient (Wildman–Crippen LogP) is -0.574. The fraction of sp³-hybridized carbons (Fsp3) is 0.0833. The van der Waals surface area contributed by atoms with Crippen molar-refractivity contribution in [2.75, 3.05) is 5.73 Å². The SMILES string of the molecule is Nc1ncnc2c1ncn2Cc1ccc(BO)cc1. The summed E-state index contributed by atoms with van der Waals surface area (Å²) in [5, 5.41) is 9.01. The third-order valence-corrected chi connectivity index (χ3v) is 2.99. The number of nitrogens with zero attached hydrogens (tertiary/aromatic N) is 4. The summed E-state index contributed by atoms with van der Waals surface area (Å²) >= 11 is 0. The zero-order valence-corrected chi connectivity index (χ0v) is 10.2. The van der Waals surface area contributed by atoms with Crippen LogP contribution in [0.15, 0.2) is 36.9 Å². The average molecular weight is 253 g/mol. The number of aromatic nitrogens is 4. The van der Waals surface area contributed by atoms with Gasteiger partial charge >= 0.3 is 7.48 Å². The van der Waals surface area contributed by atoms with E-state index < -0.39 is 0 Å². The van der Waals surface area contributed by atoms with Crippen LogP contribution in [0.5, 0.6) is 0 Å². The van der Waals surface area contributed by atoms with Gasteiger partial charge in [-0.25, -0.2) is 15.0 Å². The van der Waals surface area contributed by atoms with Crippen LogP contribution in [0.4, 0.5) is 5.82 Å². The van der Waals surface area contributed by atoms with Gasteiger partial charge in [0.2, 0.25) is 0 Å². The molecule has 0 aliphatic carbocycles. The molecule has 0 saturated carbocycles. The van der Waals surface area contributed by atoms with Crippen molar-refractivity contribution in [1.82, 2.24) is 19.5 Å². The molecular formula is C12H12BN5O. The van der Waals surface area contributed by atoms with Crippen molar-refractivity contribution in [2.45, 2.75) is 6.54 Å². The van der Waals surface area contributed by atoms with Crippen LogP contribution in [-0.4, -0.2) is 32.0 Å². The molecule has 0 atom stereocenters. The highest BCUT2D eigenvalue weighted by Crippen LogP contribution is 2.15. The van der Waals surface area contributed by atoms with E-state index in [-0.39, 0.29) is 7.48 Å². The van der Waals surface area contributed by atoms with Gasteiger partial charge in [-0.05, 0) is 5.56 Å². The number of nitrogens with two attached hydrogens (primary N) is 1. The van der Waals surface area contributed by atoms with E-state index in [0.717, 1.165) is 16.7 Å². The molecule has 1 aromatic carbocycles. The molecule has 19 heavy (non-hydrogen) atoms. The minimum Gasteiger partial charge on any atom is -0.449 e. The van der Waals surface area contributed by atoms with Crippen molar-refractivity contribution in [3.05, 3.63) is 42.5 Å². The average Bonchev–Trinajstić information content (AvgIpc) is 2.84. The Morgan fingerprint density at radius 2 is 1.95 bits per heavy atom. The van der Waals surface area contributed by atoms with Crippen molar-refractivity contribution in [3.63, 3.8) is 0 Å². The molecule has 2 heterocycles. The van der Waals surface area contributed by atoms with Gasteiger partial charge in [0.05, 0.1) is 12.9 Å². The van der Waals surface area contributed by atoms with E-state index in [4.69, 9.17) is 10.8 Å². The van der Waals surface area contributed by atoms with Crippen LogP contribution in [0.3, 0.4) is 0 Å². The molecule has 0 saturated heterocycles. The first kappa shape index (κ1) is 11.7. The summed E-state index contributed by atoms with van der Waals surface area (Å²) < 4.78 is 1.92. The molecule has 94 valence electrons. The van der Waals surface area contributed by atoms with Gasteiger partial charge in [0.15, 0.2) is 11.5 Å². The largest absolute Gasteiger partial charge is 0.449 e. The van der Waals surface area contributed by atoms with E-state index in [9.17, 15) is 0 Å². The fourth-order valence-electron chi connectivity index (χ4n) is 1.96. The minimum atomic E-state index is 0.0536. The van der Waals surface area contributed by atoms with E-state index in [2.05, 4.69) is 15.0 Å². The second-order valence-corrected chi connectivity index (χ2v) is 4.28. The second-order valence-electron chi connectivity index (χ2n) is 4.28. The van der Waals surface area contributed by atoms with Crippen molar-refractivity contribution >= 4 is 29.9 Å². The first-order chi connectivity index (χ1) is 9.28. The van der Waals surface area contributed by atoms with Gasteiger partial charge in [0.1, 0.15) is 11.8 Å². The van der Waals surface area contributed by atoms with Crippen molar-refractivity contribution < 1.29 is 5.02 Å². The number of nitrogen functional groups attached to an aromatic ring is 1. The zero-order valence-electron chi connectivity index (χ0n) is 10.2. The molecule has 0 bridgehead atoms. The topological polar surface area (TPSA) is 89.9 Å². The number of fused-ring (bicyclic) bond motifs is 1. The van der Waals surface area contributed by atoms with Gasteiger partial charge in [-0.2, -0.15) is 0 Å². The number of benzene rings is 1. The van der Waals surface area contributed by atoms with Gasteiger partial charge in [-0.1, -0.05) is 29.7 Å². The summed E-state index contributed by atoms with van der Waals surface area (Å²) in [5.74, 6) is 0.388. The Labute approximate surface area is 110 Å². The molecule has 0 fully saturated rings. The Morgan fingerprint density at radius 3 is 2.68 bits per heavy atom. The van der Waals surface area contributed by atoms with Gasteiger partial charge in [-0.3, -0.25) is 0 Å². The predicted molar refractivity (Wildman–Crippen MR) is 74.3 cm³/mol. The summed E-state index contributed by atoms with van der Waals surface area (Å²) in [6.45, 7) is 0.651. The van der Waals surface area contributed by atoms with E-state index in [0.29, 0.717) is 17.9 Å². The van der Waals surface area contributed by atoms with Crippen LogP contribution in [0.2, 0.25) is 0 Å². The van der Waals surface area contributed by atoms with Crippen LogP contribution in [0, 0.1) is 0 Å². The first-order valence-corrected chi connectivity index (χ1v) is 5.88. The molecule has 0 aliphatic rings. The molecular weight excluding hydrogens is 241 g/mol. The molecule has 3 rings (SSSR count). The molecule has 0 radical (unpaired) electrons. The molecule has 0 amide bonds. The van der Waals surface area contributed by atoms with Crippen molar-refractivity contribution in [3.8, 4) is 0 Å². The summed E-state index contributed by atoms with van der Waals surface area (Å²) in [7, 11) is 0.0536. The van der Waals surface area contributed by atoms with E-state index >= 15 is 0 Å². The molecule has 3 N–H and O–H groups in total. The Hall–Kier alpha value is -2.41. The van der Waals surface area contributed by atoms with Crippen molar-refractivity contribution in [2.24, 2.45) is 0 Å². The highest BCUT2D eigenvalue weighted by atomic mass is 16.2. The molecule has 6 nitrogen and oxygen atoms in total. The maximum absolute atomic E-state index is 9.01. The molecule has 0 spiro atoms. The smallest absolute Gasteiger partial charge is 0.304 e. The fourth-order valence-corrected chi connectivity index (χ4v) is 1.96. The van der Waals surface area contributed by atoms with Gasteiger partial charge in [0.25, 0.3) is 0 Å². The van der Waals surface area contributed by atoms with Gasteiger partial charge in [0, 0.05) is 0 Å². The first-order valence-electron chi connectivity index (χ1n) is 5.88. The Balaban J connectivity index is 1.94. The third kappa shape index (κ3) is 2.15. The molecule has 0 unspecified atom stereocenters. The second kappa shape index (κ2) is 4.70. The normalized spacial score (nSPS) is 10.8. The summed E-state index contributed by atoms with van der Waals surface area (Å²) in [6, 6.07) is 7.75. The summed E-state index contributed by atoms with van der Waals surface area (Å²) in [4.78, 5) is 12.3. The van der Waals surface area contributed by atoms with Gasteiger partial charge in [-0.15, -0.1) is 0 Å². The number of hydrogen-bond acceptors (Lipinski definition) is 5. The molecule has 0 aliphatic heterocycles. The number of imidazole rings is 1. The van der Waals surface area contributed by atoms with Gasteiger partial charge < -0.3 is 15.3 Å². The molecule has 7 heteroatoms. The third-order valence-electron chi connectivity index (χ3n) is 2.99. The number of anilines is 1. The highest BCUT2D eigenvalue weighted by Gasteiger charge is 2.07. The van der Waals surface area contributed by atoms with E-state index in [1.807, 2.05) is 28.8 Å². The zero-order chi connectivity index (χ0) is 13.2. The lowest BCUT2D eigenvalue weighted by molar-refractivity contribution is 0.615. The summed E-state index contributed by atoms with van der Waals surface area (Å²) in [6.07, 6.45) is 3.14. The highest BCUT2D eigenvalue weighted by molar-refractivity contribution is 6.45.